The average molecular weight is 249 g/mol. The molecule has 0 radical (unpaired) electrons. The lowest BCUT2D eigenvalue weighted by atomic mass is 10.1. The lowest BCUT2D eigenvalue weighted by Crippen LogP contribution is -2.26. The fraction of sp³-hybridized carbons (Fsp3) is 0.500. The molecule has 0 saturated carbocycles. The van der Waals surface area contributed by atoms with Crippen LogP contribution in [0.3, 0.4) is 0 Å². The molecule has 0 spiro atoms. The first-order valence-electron chi connectivity index (χ1n) is 6.27. The van der Waals surface area contributed by atoms with Crippen LogP contribution in [0.4, 0.5) is 0 Å². The zero-order chi connectivity index (χ0) is 12.8. The van der Waals surface area contributed by atoms with Gasteiger partial charge in [-0.2, -0.15) is 0 Å². The molecule has 98 valence electrons. The van der Waals surface area contributed by atoms with Crippen molar-refractivity contribution >= 4 is 5.97 Å². The molecule has 1 aliphatic heterocycles. The van der Waals surface area contributed by atoms with Crippen LogP contribution < -0.4 is 0 Å². The summed E-state index contributed by atoms with van der Waals surface area (Å²) in [5.74, 6) is -0.267. The maximum Gasteiger partial charge on any atom is 0.338 e. The molecule has 18 heavy (non-hydrogen) atoms. The Morgan fingerprint density at radius 2 is 2.17 bits per heavy atom. The molecule has 0 bridgehead atoms. The number of benzene rings is 1. The first-order chi connectivity index (χ1) is 8.81. The summed E-state index contributed by atoms with van der Waals surface area (Å²) in [6.07, 6.45) is 1.04. The largest absolute Gasteiger partial charge is 0.465 e. The van der Waals surface area contributed by atoms with Gasteiger partial charge < -0.3 is 9.47 Å². The number of hydrogen-bond acceptors (Lipinski definition) is 4. The second-order valence-corrected chi connectivity index (χ2v) is 4.39. The molecular weight excluding hydrogens is 230 g/mol. The van der Waals surface area contributed by atoms with E-state index in [1.807, 2.05) is 24.3 Å². The standard InChI is InChI=1S/C14H19NO3/c1-17-14(16)13-6-3-2-5-12(13)11-15-7-4-9-18-10-8-15/h2-3,5-6H,4,7-11H2,1H3. The van der Waals surface area contributed by atoms with Crippen molar-refractivity contribution in [2.75, 3.05) is 33.4 Å². The number of nitrogens with zero attached hydrogens (tertiary/aromatic N) is 1. The van der Waals surface area contributed by atoms with Gasteiger partial charge in [0, 0.05) is 26.2 Å². The molecular formula is C14H19NO3. The molecule has 1 fully saturated rings. The summed E-state index contributed by atoms with van der Waals surface area (Å²) in [6, 6.07) is 7.62. The molecule has 0 amide bonds. The Kier molecular flexibility index (Phi) is 4.73. The third-order valence-electron chi connectivity index (χ3n) is 3.13. The van der Waals surface area contributed by atoms with Crippen molar-refractivity contribution in [3.05, 3.63) is 35.4 Å². The van der Waals surface area contributed by atoms with E-state index in [9.17, 15) is 4.79 Å². The smallest absolute Gasteiger partial charge is 0.338 e. The minimum Gasteiger partial charge on any atom is -0.465 e. The molecule has 0 atom stereocenters. The van der Waals surface area contributed by atoms with Gasteiger partial charge >= 0.3 is 5.97 Å². The van der Waals surface area contributed by atoms with E-state index in [1.165, 1.54) is 7.11 Å². The monoisotopic (exact) mass is 249 g/mol. The van der Waals surface area contributed by atoms with E-state index in [4.69, 9.17) is 9.47 Å². The van der Waals surface area contributed by atoms with Crippen molar-refractivity contribution in [2.24, 2.45) is 0 Å². The van der Waals surface area contributed by atoms with Crippen LogP contribution in [0, 0.1) is 0 Å². The molecule has 2 rings (SSSR count). The summed E-state index contributed by atoms with van der Waals surface area (Å²) in [6.45, 7) is 4.29. The van der Waals surface area contributed by atoms with Gasteiger partial charge in [-0.15, -0.1) is 0 Å². The molecule has 0 aromatic heterocycles. The van der Waals surface area contributed by atoms with E-state index >= 15 is 0 Å². The molecule has 0 N–H and O–H groups in total. The molecule has 1 heterocycles. The van der Waals surface area contributed by atoms with Crippen molar-refractivity contribution in [1.29, 1.82) is 0 Å². The second-order valence-electron chi connectivity index (χ2n) is 4.39. The zero-order valence-corrected chi connectivity index (χ0v) is 10.7. The quantitative estimate of drug-likeness (QED) is 0.764. The van der Waals surface area contributed by atoms with E-state index in [0.717, 1.165) is 44.8 Å². The molecule has 1 aromatic carbocycles. The lowest BCUT2D eigenvalue weighted by Gasteiger charge is -2.20. The molecule has 4 heteroatoms. The summed E-state index contributed by atoms with van der Waals surface area (Å²) in [5, 5.41) is 0. The summed E-state index contributed by atoms with van der Waals surface area (Å²) in [7, 11) is 1.42. The van der Waals surface area contributed by atoms with Crippen molar-refractivity contribution < 1.29 is 14.3 Å². The predicted molar refractivity (Wildman–Crippen MR) is 68.5 cm³/mol. The highest BCUT2D eigenvalue weighted by Gasteiger charge is 2.15. The first kappa shape index (κ1) is 13.1. The molecule has 1 aliphatic rings. The van der Waals surface area contributed by atoms with E-state index in [-0.39, 0.29) is 5.97 Å². The van der Waals surface area contributed by atoms with Crippen LogP contribution >= 0.6 is 0 Å². The minimum atomic E-state index is -0.267. The SMILES string of the molecule is COC(=O)c1ccccc1CN1CCCOCC1. The number of esters is 1. The Morgan fingerprint density at radius 1 is 1.33 bits per heavy atom. The summed E-state index contributed by atoms with van der Waals surface area (Å²) in [4.78, 5) is 14.0. The van der Waals surface area contributed by atoms with Crippen LogP contribution in [0.25, 0.3) is 0 Å². The Balaban J connectivity index is 2.10. The summed E-state index contributed by atoms with van der Waals surface area (Å²) < 4.78 is 10.2. The van der Waals surface area contributed by atoms with Gasteiger partial charge in [-0.1, -0.05) is 18.2 Å². The number of methoxy groups -OCH3 is 1. The van der Waals surface area contributed by atoms with Gasteiger partial charge in [-0.05, 0) is 18.1 Å². The molecule has 1 saturated heterocycles. The zero-order valence-electron chi connectivity index (χ0n) is 10.7. The van der Waals surface area contributed by atoms with Gasteiger partial charge in [0.1, 0.15) is 0 Å². The number of rotatable bonds is 3. The Morgan fingerprint density at radius 3 is 3.00 bits per heavy atom. The highest BCUT2D eigenvalue weighted by Crippen LogP contribution is 2.14. The van der Waals surface area contributed by atoms with Gasteiger partial charge in [-0.25, -0.2) is 4.79 Å². The van der Waals surface area contributed by atoms with E-state index in [1.54, 1.807) is 0 Å². The van der Waals surface area contributed by atoms with Crippen LogP contribution in [0.5, 0.6) is 0 Å². The molecule has 0 aliphatic carbocycles. The lowest BCUT2D eigenvalue weighted by molar-refractivity contribution is 0.0598. The van der Waals surface area contributed by atoms with Crippen LogP contribution in [0.15, 0.2) is 24.3 Å². The summed E-state index contributed by atoms with van der Waals surface area (Å²) >= 11 is 0. The topological polar surface area (TPSA) is 38.8 Å². The Bertz CT molecular complexity index is 398. The maximum atomic E-state index is 11.7. The molecule has 0 unspecified atom stereocenters. The predicted octanol–water partition coefficient (Wildman–Crippen LogP) is 1.70. The van der Waals surface area contributed by atoms with Gasteiger partial charge in [0.25, 0.3) is 0 Å². The average Bonchev–Trinajstić information content (AvgIpc) is 2.67. The molecule has 4 nitrogen and oxygen atoms in total. The number of carbonyl (C=O) groups excluding carboxylic acids is 1. The first-order valence-corrected chi connectivity index (χ1v) is 6.27. The number of ether oxygens (including phenoxy) is 2. The van der Waals surface area contributed by atoms with Gasteiger partial charge in [-0.3, -0.25) is 4.90 Å². The van der Waals surface area contributed by atoms with Crippen LogP contribution in [0.1, 0.15) is 22.3 Å². The van der Waals surface area contributed by atoms with E-state index in [2.05, 4.69) is 4.90 Å². The third-order valence-corrected chi connectivity index (χ3v) is 3.13. The minimum absolute atomic E-state index is 0.267. The maximum absolute atomic E-state index is 11.7. The fourth-order valence-corrected chi connectivity index (χ4v) is 2.16. The third kappa shape index (κ3) is 3.31. The van der Waals surface area contributed by atoms with Crippen molar-refractivity contribution in [3.8, 4) is 0 Å². The van der Waals surface area contributed by atoms with Crippen LogP contribution in [0.2, 0.25) is 0 Å². The summed E-state index contributed by atoms with van der Waals surface area (Å²) in [5.41, 5.74) is 1.68. The van der Waals surface area contributed by atoms with Gasteiger partial charge in [0.05, 0.1) is 19.3 Å². The van der Waals surface area contributed by atoms with Crippen molar-refractivity contribution in [2.45, 2.75) is 13.0 Å². The van der Waals surface area contributed by atoms with Crippen molar-refractivity contribution in [3.63, 3.8) is 0 Å². The Hall–Kier alpha value is -1.39. The second kappa shape index (κ2) is 6.52. The van der Waals surface area contributed by atoms with Crippen LogP contribution in [-0.2, 0) is 16.0 Å². The van der Waals surface area contributed by atoms with Crippen molar-refractivity contribution in [1.82, 2.24) is 4.90 Å². The highest BCUT2D eigenvalue weighted by atomic mass is 16.5. The van der Waals surface area contributed by atoms with Crippen LogP contribution in [-0.4, -0.2) is 44.3 Å². The van der Waals surface area contributed by atoms with Gasteiger partial charge in [0.2, 0.25) is 0 Å². The Labute approximate surface area is 107 Å². The highest BCUT2D eigenvalue weighted by molar-refractivity contribution is 5.90. The van der Waals surface area contributed by atoms with E-state index in [0.29, 0.717) is 5.56 Å². The fourth-order valence-electron chi connectivity index (χ4n) is 2.16. The normalized spacial score (nSPS) is 17.2. The van der Waals surface area contributed by atoms with Gasteiger partial charge in [0.15, 0.2) is 0 Å². The number of hydrogen-bond donors (Lipinski definition) is 0. The van der Waals surface area contributed by atoms with E-state index < -0.39 is 0 Å². The molecule has 1 aromatic rings. The number of carbonyl (C=O) groups is 1.